The number of aromatic nitrogens is 2. The van der Waals surface area contributed by atoms with E-state index >= 15 is 0 Å². The highest BCUT2D eigenvalue weighted by molar-refractivity contribution is 9.10. The predicted molar refractivity (Wildman–Crippen MR) is 80.0 cm³/mol. The Balaban J connectivity index is 1.96. The molecule has 2 fully saturated rings. The van der Waals surface area contributed by atoms with Gasteiger partial charge >= 0.3 is 0 Å². The number of halogens is 1. The van der Waals surface area contributed by atoms with Crippen molar-refractivity contribution in [3.8, 4) is 0 Å². The second kappa shape index (κ2) is 4.06. The van der Waals surface area contributed by atoms with Crippen LogP contribution in [0.3, 0.4) is 0 Å². The fourth-order valence-electron chi connectivity index (χ4n) is 3.35. The lowest BCUT2D eigenvalue weighted by molar-refractivity contribution is 0.411. The minimum atomic E-state index is -0.200. The molecule has 19 heavy (non-hydrogen) atoms. The van der Waals surface area contributed by atoms with Crippen molar-refractivity contribution < 1.29 is 0 Å². The molecule has 0 amide bonds. The van der Waals surface area contributed by atoms with Crippen LogP contribution in [-0.2, 0) is 5.54 Å². The molecular formula is C15H18BrN3. The molecule has 0 saturated heterocycles. The Labute approximate surface area is 121 Å². The van der Waals surface area contributed by atoms with E-state index in [2.05, 4.69) is 38.7 Å². The average Bonchev–Trinajstić information content (AvgIpc) is 3.01. The van der Waals surface area contributed by atoms with Crippen LogP contribution >= 0.6 is 15.9 Å². The van der Waals surface area contributed by atoms with Crippen LogP contribution in [0.15, 0.2) is 22.7 Å². The monoisotopic (exact) mass is 319 g/mol. The van der Waals surface area contributed by atoms with Gasteiger partial charge in [0.1, 0.15) is 5.82 Å². The van der Waals surface area contributed by atoms with Crippen LogP contribution in [-0.4, -0.2) is 9.55 Å². The fraction of sp³-hybridized carbons (Fsp3) is 0.533. The van der Waals surface area contributed by atoms with Crippen molar-refractivity contribution in [3.63, 3.8) is 0 Å². The topological polar surface area (TPSA) is 43.8 Å². The van der Waals surface area contributed by atoms with Gasteiger partial charge in [-0.15, -0.1) is 0 Å². The normalized spacial score (nSPS) is 22.2. The van der Waals surface area contributed by atoms with Crippen molar-refractivity contribution in [2.24, 2.45) is 5.73 Å². The first-order valence-corrected chi connectivity index (χ1v) is 7.93. The summed E-state index contributed by atoms with van der Waals surface area (Å²) in [7, 11) is 0. The van der Waals surface area contributed by atoms with Crippen LogP contribution < -0.4 is 5.73 Å². The van der Waals surface area contributed by atoms with Crippen LogP contribution in [0.4, 0.5) is 0 Å². The summed E-state index contributed by atoms with van der Waals surface area (Å²) >= 11 is 3.54. The molecule has 3 nitrogen and oxygen atoms in total. The zero-order valence-corrected chi connectivity index (χ0v) is 12.5. The summed E-state index contributed by atoms with van der Waals surface area (Å²) in [5.41, 5.74) is 8.78. The van der Waals surface area contributed by atoms with E-state index in [1.807, 2.05) is 0 Å². The number of hydrogen-bond acceptors (Lipinski definition) is 2. The third kappa shape index (κ3) is 1.84. The van der Waals surface area contributed by atoms with Gasteiger partial charge in [-0.1, -0.05) is 28.8 Å². The summed E-state index contributed by atoms with van der Waals surface area (Å²) in [5, 5.41) is 0. The largest absolute Gasteiger partial charge is 0.323 e. The van der Waals surface area contributed by atoms with Gasteiger partial charge in [0.2, 0.25) is 0 Å². The van der Waals surface area contributed by atoms with Crippen molar-refractivity contribution in [1.82, 2.24) is 9.55 Å². The van der Waals surface area contributed by atoms with Gasteiger partial charge in [-0.05, 0) is 43.9 Å². The number of nitrogens with two attached hydrogens (primary N) is 1. The summed E-state index contributed by atoms with van der Waals surface area (Å²) in [6.45, 7) is 0. The van der Waals surface area contributed by atoms with E-state index in [0.29, 0.717) is 6.04 Å². The third-order valence-corrected chi connectivity index (χ3v) is 5.00. The molecule has 2 aliphatic rings. The first-order chi connectivity index (χ1) is 9.17. The van der Waals surface area contributed by atoms with E-state index in [4.69, 9.17) is 10.7 Å². The van der Waals surface area contributed by atoms with E-state index < -0.39 is 0 Å². The summed E-state index contributed by atoms with van der Waals surface area (Å²) in [4.78, 5) is 4.90. The van der Waals surface area contributed by atoms with Crippen LogP contribution in [0.25, 0.3) is 11.0 Å². The maximum absolute atomic E-state index is 6.65. The molecule has 0 unspecified atom stereocenters. The van der Waals surface area contributed by atoms with E-state index in [9.17, 15) is 0 Å². The lowest BCUT2D eigenvalue weighted by Crippen LogP contribution is -2.36. The summed E-state index contributed by atoms with van der Waals surface area (Å²) in [5.74, 6) is 1.13. The number of benzene rings is 1. The number of nitrogens with zero attached hydrogens (tertiary/aromatic N) is 2. The molecular weight excluding hydrogens is 302 g/mol. The van der Waals surface area contributed by atoms with Crippen molar-refractivity contribution >= 4 is 27.0 Å². The van der Waals surface area contributed by atoms with Crippen molar-refractivity contribution in [2.45, 2.75) is 50.1 Å². The molecule has 2 aromatic rings. The van der Waals surface area contributed by atoms with Crippen LogP contribution in [0, 0.1) is 0 Å². The third-order valence-electron chi connectivity index (χ3n) is 4.50. The van der Waals surface area contributed by atoms with Gasteiger partial charge < -0.3 is 10.3 Å². The van der Waals surface area contributed by atoms with Gasteiger partial charge in [0.15, 0.2) is 0 Å². The van der Waals surface area contributed by atoms with E-state index in [1.54, 1.807) is 0 Å². The predicted octanol–water partition coefficient (Wildman–Crippen LogP) is 3.86. The van der Waals surface area contributed by atoms with Crippen LogP contribution in [0.5, 0.6) is 0 Å². The van der Waals surface area contributed by atoms with Gasteiger partial charge in [0, 0.05) is 10.5 Å². The molecule has 0 spiro atoms. The fourth-order valence-corrected chi connectivity index (χ4v) is 3.70. The maximum atomic E-state index is 6.65. The summed E-state index contributed by atoms with van der Waals surface area (Å²) in [6, 6.07) is 7.01. The molecule has 1 aromatic heterocycles. The highest BCUT2D eigenvalue weighted by atomic mass is 79.9. The number of fused-ring (bicyclic) bond motifs is 1. The molecule has 0 atom stereocenters. The van der Waals surface area contributed by atoms with Crippen molar-refractivity contribution in [1.29, 1.82) is 0 Å². The van der Waals surface area contributed by atoms with Gasteiger partial charge in [-0.25, -0.2) is 4.98 Å². The molecule has 1 heterocycles. The molecule has 2 aliphatic carbocycles. The van der Waals surface area contributed by atoms with E-state index in [1.165, 1.54) is 31.2 Å². The van der Waals surface area contributed by atoms with E-state index in [-0.39, 0.29) is 5.54 Å². The first kappa shape index (κ1) is 11.9. The Kier molecular flexibility index (Phi) is 2.55. The zero-order valence-electron chi connectivity index (χ0n) is 10.9. The molecule has 100 valence electrons. The minimum absolute atomic E-state index is 0.200. The van der Waals surface area contributed by atoms with Gasteiger partial charge in [0.05, 0.1) is 16.6 Å². The molecule has 2 N–H and O–H groups in total. The smallest absolute Gasteiger partial charge is 0.130 e. The molecule has 4 heteroatoms. The Morgan fingerprint density at radius 1 is 1.26 bits per heavy atom. The standard InChI is InChI=1S/C15H18BrN3/c16-10-3-6-13-12(9-10)18-14(19(13)11-4-5-11)15(17)7-1-2-8-15/h3,6,9,11H,1-2,4-5,7-8,17H2. The zero-order chi connectivity index (χ0) is 13.0. The number of rotatable bonds is 2. The maximum Gasteiger partial charge on any atom is 0.130 e. The summed E-state index contributed by atoms with van der Waals surface area (Å²) in [6.07, 6.45) is 7.14. The van der Waals surface area contributed by atoms with Crippen molar-refractivity contribution in [2.75, 3.05) is 0 Å². The SMILES string of the molecule is NC1(c2nc3cc(Br)ccc3n2C2CC2)CCCC1. The minimum Gasteiger partial charge on any atom is -0.323 e. The second-order valence-corrected chi connectivity index (χ2v) is 6.95. The van der Waals surface area contributed by atoms with Crippen molar-refractivity contribution in [3.05, 3.63) is 28.5 Å². The molecule has 1 aromatic carbocycles. The summed E-state index contributed by atoms with van der Waals surface area (Å²) < 4.78 is 3.51. The first-order valence-electron chi connectivity index (χ1n) is 7.14. The van der Waals surface area contributed by atoms with Gasteiger partial charge in [-0.3, -0.25) is 0 Å². The van der Waals surface area contributed by atoms with Gasteiger partial charge in [0.25, 0.3) is 0 Å². The highest BCUT2D eigenvalue weighted by Crippen LogP contribution is 2.44. The van der Waals surface area contributed by atoms with E-state index in [0.717, 1.165) is 28.7 Å². The Morgan fingerprint density at radius 3 is 2.68 bits per heavy atom. The molecule has 0 bridgehead atoms. The molecule has 2 saturated carbocycles. The Hall–Kier alpha value is -0.870. The Bertz CT molecular complexity index is 636. The highest BCUT2D eigenvalue weighted by Gasteiger charge is 2.39. The quantitative estimate of drug-likeness (QED) is 0.913. The molecule has 0 radical (unpaired) electrons. The molecule has 0 aliphatic heterocycles. The number of imidazole rings is 1. The second-order valence-electron chi connectivity index (χ2n) is 6.03. The van der Waals surface area contributed by atoms with Gasteiger partial charge in [-0.2, -0.15) is 0 Å². The Morgan fingerprint density at radius 2 is 2.00 bits per heavy atom. The van der Waals surface area contributed by atoms with Crippen LogP contribution in [0.2, 0.25) is 0 Å². The molecule has 4 rings (SSSR count). The lowest BCUT2D eigenvalue weighted by atomic mass is 9.98. The van der Waals surface area contributed by atoms with Crippen LogP contribution in [0.1, 0.15) is 50.4 Å². The average molecular weight is 320 g/mol. The lowest BCUT2D eigenvalue weighted by Gasteiger charge is -2.24. The number of hydrogen-bond donors (Lipinski definition) is 1.